The molecule has 0 bridgehead atoms. The number of aromatic hydroxyl groups is 2. The molecule has 0 aliphatic carbocycles. The summed E-state index contributed by atoms with van der Waals surface area (Å²) in [4.78, 5) is 10.9. The molecular formula is C10H12FNO3. The van der Waals surface area contributed by atoms with E-state index in [1.807, 2.05) is 0 Å². The number of phenols is 2. The topological polar surface area (TPSA) is 83.6 Å². The van der Waals surface area contributed by atoms with E-state index in [9.17, 15) is 9.18 Å². The van der Waals surface area contributed by atoms with E-state index in [0.717, 1.165) is 12.1 Å². The largest absolute Gasteiger partial charge is 0.504 e. The van der Waals surface area contributed by atoms with E-state index >= 15 is 0 Å². The maximum Gasteiger partial charge on any atom is 0.160 e. The summed E-state index contributed by atoms with van der Waals surface area (Å²) in [6.45, 7) is 1.31. The van der Waals surface area contributed by atoms with E-state index in [0.29, 0.717) is 0 Å². The molecule has 0 spiro atoms. The number of Topliss-reactive ketones (excluding diaryl/α,β-unsaturated/α-hetero) is 1. The Kier molecular flexibility index (Phi) is 3.26. The van der Waals surface area contributed by atoms with Crippen LogP contribution in [0.25, 0.3) is 0 Å². The van der Waals surface area contributed by atoms with Gasteiger partial charge in [0.2, 0.25) is 0 Å². The molecule has 5 heteroatoms. The average molecular weight is 213 g/mol. The molecule has 0 aliphatic rings. The van der Waals surface area contributed by atoms with Gasteiger partial charge in [-0.2, -0.15) is 0 Å². The van der Waals surface area contributed by atoms with Crippen LogP contribution in [0.3, 0.4) is 0 Å². The van der Waals surface area contributed by atoms with Crippen LogP contribution in [0, 0.1) is 5.82 Å². The van der Waals surface area contributed by atoms with Crippen molar-refractivity contribution in [2.24, 2.45) is 5.73 Å². The number of hydrogen-bond donors (Lipinski definition) is 3. The summed E-state index contributed by atoms with van der Waals surface area (Å²) in [7, 11) is 0. The molecule has 1 rings (SSSR count). The number of carbonyl (C=O) groups is 1. The van der Waals surface area contributed by atoms with Crippen LogP contribution in [0.4, 0.5) is 4.39 Å². The van der Waals surface area contributed by atoms with Gasteiger partial charge in [-0.05, 0) is 25.0 Å². The third-order valence-corrected chi connectivity index (χ3v) is 2.11. The summed E-state index contributed by atoms with van der Waals surface area (Å²) >= 11 is 0. The van der Waals surface area contributed by atoms with Crippen molar-refractivity contribution in [3.05, 3.63) is 23.5 Å². The van der Waals surface area contributed by atoms with E-state index in [-0.39, 0.29) is 17.8 Å². The monoisotopic (exact) mass is 213 g/mol. The van der Waals surface area contributed by atoms with Crippen LogP contribution in [-0.4, -0.2) is 22.0 Å². The minimum Gasteiger partial charge on any atom is -0.504 e. The fourth-order valence-corrected chi connectivity index (χ4v) is 1.13. The van der Waals surface area contributed by atoms with Gasteiger partial charge in [0.1, 0.15) is 11.6 Å². The summed E-state index contributed by atoms with van der Waals surface area (Å²) in [5.41, 5.74) is 5.55. The molecule has 0 amide bonds. The molecule has 0 radical (unpaired) electrons. The first-order valence-corrected chi connectivity index (χ1v) is 4.38. The first-order chi connectivity index (χ1) is 6.91. The molecule has 0 aromatic heterocycles. The van der Waals surface area contributed by atoms with Gasteiger partial charge in [-0.15, -0.1) is 0 Å². The zero-order chi connectivity index (χ0) is 11.6. The number of ketones is 1. The highest BCUT2D eigenvalue weighted by molar-refractivity contribution is 5.81. The number of nitrogens with two attached hydrogens (primary N) is 1. The van der Waals surface area contributed by atoms with Gasteiger partial charge >= 0.3 is 0 Å². The Balaban J connectivity index is 2.95. The minimum atomic E-state index is -0.802. The van der Waals surface area contributed by atoms with E-state index in [4.69, 9.17) is 15.9 Å². The van der Waals surface area contributed by atoms with Crippen molar-refractivity contribution < 1.29 is 19.4 Å². The molecule has 0 saturated carbocycles. The molecule has 15 heavy (non-hydrogen) atoms. The fourth-order valence-electron chi connectivity index (χ4n) is 1.13. The quantitative estimate of drug-likeness (QED) is 0.645. The van der Waals surface area contributed by atoms with Gasteiger partial charge in [-0.1, -0.05) is 0 Å². The van der Waals surface area contributed by atoms with Gasteiger partial charge in [0, 0.05) is 6.07 Å². The van der Waals surface area contributed by atoms with Crippen molar-refractivity contribution in [1.29, 1.82) is 0 Å². The average Bonchev–Trinajstić information content (AvgIpc) is 2.13. The van der Waals surface area contributed by atoms with Crippen molar-refractivity contribution in [1.82, 2.24) is 0 Å². The van der Waals surface area contributed by atoms with Crippen LogP contribution < -0.4 is 5.73 Å². The van der Waals surface area contributed by atoms with E-state index in [1.54, 1.807) is 0 Å². The van der Waals surface area contributed by atoms with Crippen molar-refractivity contribution in [2.75, 3.05) is 0 Å². The maximum absolute atomic E-state index is 13.2. The van der Waals surface area contributed by atoms with E-state index < -0.39 is 23.4 Å². The molecule has 0 saturated heterocycles. The summed E-state index contributed by atoms with van der Waals surface area (Å²) in [5.74, 6) is -1.92. The zero-order valence-corrected chi connectivity index (χ0v) is 8.20. The maximum atomic E-state index is 13.2. The highest BCUT2D eigenvalue weighted by atomic mass is 19.1. The van der Waals surface area contributed by atoms with Crippen LogP contribution in [0.5, 0.6) is 11.5 Å². The van der Waals surface area contributed by atoms with Crippen LogP contribution in [-0.2, 0) is 11.2 Å². The number of hydrogen-bond acceptors (Lipinski definition) is 4. The molecule has 1 aromatic rings. The number of halogens is 1. The number of phenolic OH excluding ortho intramolecular Hbond substituents is 2. The predicted octanol–water partition coefficient (Wildman–Crippen LogP) is 0.696. The van der Waals surface area contributed by atoms with Crippen molar-refractivity contribution in [3.8, 4) is 11.5 Å². The van der Waals surface area contributed by atoms with Crippen LogP contribution in [0.1, 0.15) is 12.5 Å². The summed E-state index contributed by atoms with van der Waals surface area (Å²) < 4.78 is 13.2. The Morgan fingerprint density at radius 1 is 1.47 bits per heavy atom. The fraction of sp³-hybridized carbons (Fsp3) is 0.300. The Hall–Kier alpha value is -1.62. The van der Waals surface area contributed by atoms with Crippen molar-refractivity contribution in [2.45, 2.75) is 19.4 Å². The minimum absolute atomic E-state index is 0.00495. The molecule has 0 fully saturated rings. The van der Waals surface area contributed by atoms with Crippen molar-refractivity contribution in [3.63, 3.8) is 0 Å². The number of carbonyl (C=O) groups excluding carboxylic acids is 1. The van der Waals surface area contributed by atoms with Crippen molar-refractivity contribution >= 4 is 5.78 Å². The molecular weight excluding hydrogens is 201 g/mol. The molecule has 0 aliphatic heterocycles. The molecule has 82 valence electrons. The van der Waals surface area contributed by atoms with Gasteiger partial charge in [0.05, 0.1) is 6.04 Å². The second-order valence-corrected chi connectivity index (χ2v) is 3.35. The Morgan fingerprint density at radius 2 is 2.00 bits per heavy atom. The highest BCUT2D eigenvalue weighted by Crippen LogP contribution is 2.27. The van der Waals surface area contributed by atoms with Gasteiger partial charge in [0.15, 0.2) is 11.5 Å². The lowest BCUT2D eigenvalue weighted by molar-refractivity contribution is -0.118. The van der Waals surface area contributed by atoms with Gasteiger partial charge in [-0.3, -0.25) is 4.79 Å². The molecule has 0 heterocycles. The highest BCUT2D eigenvalue weighted by Gasteiger charge is 2.14. The third-order valence-electron chi connectivity index (χ3n) is 2.11. The van der Waals surface area contributed by atoms with Crippen LogP contribution in [0.15, 0.2) is 12.1 Å². The standard InChI is InChI=1S/C10H12FNO3/c1-5(13)8(12)2-6-3-9(14)10(15)4-7(6)11/h3-4,8,14-15H,2,12H2,1H3/t8-/m0/s1. The van der Waals surface area contributed by atoms with E-state index in [2.05, 4.69) is 0 Å². The predicted molar refractivity (Wildman–Crippen MR) is 52.1 cm³/mol. The summed E-state index contributed by atoms with van der Waals surface area (Å²) in [6.07, 6.45) is -0.00495. The lowest BCUT2D eigenvalue weighted by atomic mass is 10.0. The SMILES string of the molecule is CC(=O)[C@@H](N)Cc1cc(O)c(O)cc1F. The van der Waals surface area contributed by atoms with Crippen LogP contribution in [0.2, 0.25) is 0 Å². The second-order valence-electron chi connectivity index (χ2n) is 3.35. The van der Waals surface area contributed by atoms with Gasteiger partial charge in [-0.25, -0.2) is 4.39 Å². The Morgan fingerprint density at radius 3 is 2.53 bits per heavy atom. The summed E-state index contributed by atoms with van der Waals surface area (Å²) in [5, 5.41) is 18.1. The smallest absolute Gasteiger partial charge is 0.160 e. The molecule has 0 unspecified atom stereocenters. The first kappa shape index (κ1) is 11.5. The number of benzene rings is 1. The molecule has 1 aromatic carbocycles. The molecule has 4 N–H and O–H groups in total. The van der Waals surface area contributed by atoms with Gasteiger partial charge in [0.25, 0.3) is 0 Å². The third kappa shape index (κ3) is 2.66. The van der Waals surface area contributed by atoms with Crippen LogP contribution >= 0.6 is 0 Å². The lowest BCUT2D eigenvalue weighted by Gasteiger charge is -2.09. The Labute approximate surface area is 86.1 Å². The lowest BCUT2D eigenvalue weighted by Crippen LogP contribution is -2.30. The molecule has 1 atom stereocenters. The van der Waals surface area contributed by atoms with E-state index in [1.165, 1.54) is 6.92 Å². The second kappa shape index (κ2) is 4.27. The zero-order valence-electron chi connectivity index (χ0n) is 8.20. The normalized spacial score (nSPS) is 12.5. The first-order valence-electron chi connectivity index (χ1n) is 4.38. The summed E-state index contributed by atoms with van der Waals surface area (Å²) in [6, 6.07) is 1.05. The molecule has 4 nitrogen and oxygen atoms in total. The van der Waals surface area contributed by atoms with Gasteiger partial charge < -0.3 is 15.9 Å². The Bertz CT molecular complexity index is 392. The number of rotatable bonds is 3.